The molecule has 0 aliphatic carbocycles. The number of sulfonamides is 1. The van der Waals surface area contributed by atoms with Crippen LogP contribution in [0.15, 0.2) is 34.2 Å². The molecule has 0 saturated carbocycles. The number of hydrogen-bond acceptors (Lipinski definition) is 5. The normalized spacial score (nSPS) is 12.4. The van der Waals surface area contributed by atoms with E-state index in [1.807, 2.05) is 13.0 Å². The summed E-state index contributed by atoms with van der Waals surface area (Å²) >= 11 is 0. The third-order valence-electron chi connectivity index (χ3n) is 3.95. The predicted octanol–water partition coefficient (Wildman–Crippen LogP) is 1.73. The Morgan fingerprint density at radius 1 is 1.14 bits per heavy atom. The van der Waals surface area contributed by atoms with Gasteiger partial charge in [0.2, 0.25) is 10.0 Å². The molecule has 0 aliphatic heterocycles. The van der Waals surface area contributed by atoms with Crippen LogP contribution in [0.4, 0.5) is 0 Å². The monoisotopic (exact) mass is 428 g/mol. The number of hydrogen-bond donors (Lipinski definition) is 3. The van der Waals surface area contributed by atoms with E-state index in [2.05, 4.69) is 34.2 Å². The maximum Gasteiger partial charge on any atom is 0.240 e. The van der Waals surface area contributed by atoms with Crippen molar-refractivity contribution in [2.75, 3.05) is 46.6 Å². The Morgan fingerprint density at radius 2 is 1.93 bits per heavy atom. The number of nitrogens with zero attached hydrogens (tertiary/aromatic N) is 1. The summed E-state index contributed by atoms with van der Waals surface area (Å²) in [5.41, 5.74) is 0.810. The summed E-state index contributed by atoms with van der Waals surface area (Å²) in [6.45, 7) is 10.0. The largest absolute Gasteiger partial charge is 0.383 e. The van der Waals surface area contributed by atoms with Gasteiger partial charge in [-0.25, -0.2) is 18.1 Å². The minimum absolute atomic E-state index is 0.220. The van der Waals surface area contributed by atoms with Gasteiger partial charge in [0.25, 0.3) is 0 Å². The van der Waals surface area contributed by atoms with Crippen LogP contribution in [0.3, 0.4) is 0 Å². The van der Waals surface area contributed by atoms with Gasteiger partial charge in [-0.3, -0.25) is 0 Å². The Balaban J connectivity index is 2.60. The molecule has 29 heavy (non-hydrogen) atoms. The molecule has 0 atom stereocenters. The second-order valence-corrected chi connectivity index (χ2v) is 8.72. The average molecular weight is 429 g/mol. The van der Waals surface area contributed by atoms with Crippen molar-refractivity contribution in [3.05, 3.63) is 29.8 Å². The second kappa shape index (κ2) is 14.3. The van der Waals surface area contributed by atoms with Crippen LogP contribution in [-0.4, -0.2) is 60.9 Å². The van der Waals surface area contributed by atoms with E-state index in [-0.39, 0.29) is 11.4 Å². The van der Waals surface area contributed by atoms with Gasteiger partial charge in [-0.05, 0) is 37.0 Å². The molecule has 0 unspecified atom stereocenters. The van der Waals surface area contributed by atoms with Gasteiger partial charge in [-0.2, -0.15) is 0 Å². The zero-order chi connectivity index (χ0) is 21.5. The van der Waals surface area contributed by atoms with Gasteiger partial charge in [-0.1, -0.05) is 26.0 Å². The van der Waals surface area contributed by atoms with Crippen LogP contribution >= 0.6 is 0 Å². The predicted molar refractivity (Wildman–Crippen MR) is 117 cm³/mol. The van der Waals surface area contributed by atoms with Crippen LogP contribution in [0.2, 0.25) is 0 Å². The van der Waals surface area contributed by atoms with Crippen LogP contribution in [0.1, 0.15) is 32.8 Å². The highest BCUT2D eigenvalue weighted by Crippen LogP contribution is 2.12. The molecule has 1 aromatic carbocycles. The smallest absolute Gasteiger partial charge is 0.240 e. The molecule has 0 spiro atoms. The Bertz CT molecular complexity index is 708. The lowest BCUT2D eigenvalue weighted by atomic mass is 10.1. The molecule has 0 aromatic heterocycles. The highest BCUT2D eigenvalue weighted by Gasteiger charge is 2.13. The highest BCUT2D eigenvalue weighted by molar-refractivity contribution is 7.89. The first-order valence-corrected chi connectivity index (χ1v) is 11.5. The summed E-state index contributed by atoms with van der Waals surface area (Å²) in [4.78, 5) is 4.75. The fraction of sp³-hybridized carbons (Fsp3) is 0.650. The Labute approximate surface area is 175 Å². The zero-order valence-electron chi connectivity index (χ0n) is 18.0. The Hall–Kier alpha value is -1.68. The Kier molecular flexibility index (Phi) is 12.5. The van der Waals surface area contributed by atoms with E-state index >= 15 is 0 Å². The van der Waals surface area contributed by atoms with Gasteiger partial charge >= 0.3 is 0 Å². The molecule has 166 valence electrons. The molecule has 1 rings (SSSR count). The van der Waals surface area contributed by atoms with Crippen LogP contribution in [0.25, 0.3) is 0 Å². The first kappa shape index (κ1) is 25.4. The number of guanidine groups is 1. The van der Waals surface area contributed by atoms with Crippen molar-refractivity contribution in [2.24, 2.45) is 10.9 Å². The van der Waals surface area contributed by atoms with Crippen LogP contribution in [-0.2, 0) is 26.0 Å². The number of aliphatic imine (C=N–C) groups is 1. The molecule has 0 bridgehead atoms. The molecule has 0 saturated heterocycles. The van der Waals surface area contributed by atoms with Gasteiger partial charge in [0.1, 0.15) is 0 Å². The molecule has 0 amide bonds. The van der Waals surface area contributed by atoms with E-state index in [0.29, 0.717) is 38.2 Å². The molecule has 0 radical (unpaired) electrons. The van der Waals surface area contributed by atoms with Crippen LogP contribution in [0.5, 0.6) is 0 Å². The van der Waals surface area contributed by atoms with Crippen molar-refractivity contribution in [2.45, 2.75) is 38.6 Å². The van der Waals surface area contributed by atoms with E-state index in [9.17, 15) is 8.42 Å². The van der Waals surface area contributed by atoms with E-state index < -0.39 is 10.0 Å². The van der Waals surface area contributed by atoms with Crippen molar-refractivity contribution in [3.63, 3.8) is 0 Å². The summed E-state index contributed by atoms with van der Waals surface area (Å²) in [5.74, 6) is 1.31. The van der Waals surface area contributed by atoms with Crippen molar-refractivity contribution in [1.29, 1.82) is 0 Å². The van der Waals surface area contributed by atoms with Crippen molar-refractivity contribution in [3.8, 4) is 0 Å². The van der Waals surface area contributed by atoms with Crippen LogP contribution < -0.4 is 15.4 Å². The summed E-state index contributed by atoms with van der Waals surface area (Å²) in [6.07, 6.45) is 1.05. The highest BCUT2D eigenvalue weighted by atomic mass is 32.2. The summed E-state index contributed by atoms with van der Waals surface area (Å²) in [6, 6.07) is 6.78. The summed E-state index contributed by atoms with van der Waals surface area (Å²) in [5, 5.41) is 6.41. The standard InChI is InChI=1S/C20H36N4O4S/c1-5-21-20(22-10-14-28-12-9-17(2)3)23-16-18-7-6-8-19(15-18)29(25,26)24-11-13-27-4/h6-8,15,17,24H,5,9-14,16H2,1-4H3,(H2,21,22,23). The SMILES string of the molecule is CCNC(=NCc1cccc(S(=O)(=O)NCCOC)c1)NCCOCCC(C)C. The minimum atomic E-state index is -3.56. The number of nitrogens with one attached hydrogen (secondary N) is 3. The van der Waals surface area contributed by atoms with E-state index in [1.54, 1.807) is 18.2 Å². The lowest BCUT2D eigenvalue weighted by Gasteiger charge is -2.12. The maximum atomic E-state index is 12.3. The average Bonchev–Trinajstić information content (AvgIpc) is 2.68. The molecular formula is C20H36N4O4S. The molecule has 0 aliphatic rings. The van der Waals surface area contributed by atoms with E-state index in [4.69, 9.17) is 9.47 Å². The van der Waals surface area contributed by atoms with Gasteiger partial charge in [0.05, 0.1) is 24.7 Å². The quantitative estimate of drug-likeness (QED) is 0.237. The summed E-state index contributed by atoms with van der Waals surface area (Å²) in [7, 11) is -2.03. The van der Waals surface area contributed by atoms with Gasteiger partial charge in [-0.15, -0.1) is 0 Å². The molecule has 1 aromatic rings. The first-order valence-electron chi connectivity index (χ1n) is 10.1. The van der Waals surface area contributed by atoms with Crippen LogP contribution in [0, 0.1) is 5.92 Å². The van der Waals surface area contributed by atoms with Gasteiger partial charge in [0.15, 0.2) is 5.96 Å². The molecular weight excluding hydrogens is 392 g/mol. The number of rotatable bonds is 14. The molecule has 0 fully saturated rings. The van der Waals surface area contributed by atoms with E-state index in [1.165, 1.54) is 7.11 Å². The number of benzene rings is 1. The van der Waals surface area contributed by atoms with Gasteiger partial charge in [0, 0.05) is 33.4 Å². The maximum absolute atomic E-state index is 12.3. The third kappa shape index (κ3) is 11.2. The molecule has 0 heterocycles. The van der Waals surface area contributed by atoms with Crippen molar-refractivity contribution < 1.29 is 17.9 Å². The molecule has 8 nitrogen and oxygen atoms in total. The van der Waals surface area contributed by atoms with Crippen molar-refractivity contribution in [1.82, 2.24) is 15.4 Å². The molecule has 9 heteroatoms. The third-order valence-corrected chi connectivity index (χ3v) is 5.41. The van der Waals surface area contributed by atoms with E-state index in [0.717, 1.165) is 25.1 Å². The minimum Gasteiger partial charge on any atom is -0.383 e. The Morgan fingerprint density at radius 3 is 2.62 bits per heavy atom. The summed E-state index contributed by atoms with van der Waals surface area (Å²) < 4.78 is 37.7. The van der Waals surface area contributed by atoms with Gasteiger partial charge < -0.3 is 20.1 Å². The fourth-order valence-electron chi connectivity index (χ4n) is 2.35. The lowest BCUT2D eigenvalue weighted by molar-refractivity contribution is 0.128. The zero-order valence-corrected chi connectivity index (χ0v) is 18.8. The first-order chi connectivity index (χ1) is 13.9. The second-order valence-electron chi connectivity index (χ2n) is 6.95. The lowest BCUT2D eigenvalue weighted by Crippen LogP contribution is -2.39. The number of ether oxygens (including phenoxy) is 2. The number of methoxy groups -OCH3 is 1. The molecule has 3 N–H and O–H groups in total. The van der Waals surface area contributed by atoms with Crippen molar-refractivity contribution >= 4 is 16.0 Å². The fourth-order valence-corrected chi connectivity index (χ4v) is 3.43. The topological polar surface area (TPSA) is 101 Å².